The quantitative estimate of drug-likeness (QED) is 0.652. The monoisotopic (exact) mass is 352 g/mol. The van der Waals surface area contributed by atoms with E-state index in [4.69, 9.17) is 0 Å². The van der Waals surface area contributed by atoms with Gasteiger partial charge < -0.3 is 15.1 Å². The molecule has 1 aliphatic rings. The number of aliphatic imine (C=N–C) groups is 1. The van der Waals surface area contributed by atoms with Crippen molar-refractivity contribution in [1.29, 1.82) is 0 Å². The van der Waals surface area contributed by atoms with Crippen LogP contribution in [0.5, 0.6) is 0 Å². The summed E-state index contributed by atoms with van der Waals surface area (Å²) in [6.07, 6.45) is 0. The smallest absolute Gasteiger partial charge is 0.193 e. The zero-order chi connectivity index (χ0) is 17.8. The van der Waals surface area contributed by atoms with E-state index in [-0.39, 0.29) is 5.75 Å². The number of hydrogen-bond donors (Lipinski definition) is 1. The van der Waals surface area contributed by atoms with Gasteiger partial charge in [-0.25, -0.2) is 8.42 Å². The van der Waals surface area contributed by atoms with Gasteiger partial charge in [-0.3, -0.25) is 4.99 Å². The highest BCUT2D eigenvalue weighted by atomic mass is 32.2. The van der Waals surface area contributed by atoms with Crippen molar-refractivity contribution in [3.05, 3.63) is 30.3 Å². The molecule has 2 rings (SSSR count). The van der Waals surface area contributed by atoms with Crippen LogP contribution in [0.15, 0.2) is 35.3 Å². The number of benzene rings is 1. The van der Waals surface area contributed by atoms with Crippen LogP contribution in [-0.2, 0) is 9.84 Å². The molecule has 0 radical (unpaired) electrons. The molecule has 1 aliphatic heterocycles. The summed E-state index contributed by atoms with van der Waals surface area (Å²) in [6, 6.07) is 10.2. The Hall–Kier alpha value is -1.76. The summed E-state index contributed by atoms with van der Waals surface area (Å²) >= 11 is 0. The third-order valence-electron chi connectivity index (χ3n) is 4.48. The van der Waals surface area contributed by atoms with E-state index >= 15 is 0 Å². The van der Waals surface area contributed by atoms with E-state index in [2.05, 4.69) is 34.4 Å². The van der Waals surface area contributed by atoms with Crippen molar-refractivity contribution in [3.8, 4) is 0 Å². The number of anilines is 1. The van der Waals surface area contributed by atoms with Crippen LogP contribution in [0.1, 0.15) is 13.8 Å². The highest BCUT2D eigenvalue weighted by molar-refractivity contribution is 7.92. The number of nitrogens with one attached hydrogen (secondary N) is 1. The second kappa shape index (κ2) is 7.42. The van der Waals surface area contributed by atoms with Crippen LogP contribution in [0, 0.1) is 0 Å². The lowest BCUT2D eigenvalue weighted by Crippen LogP contribution is -2.57. The predicted octanol–water partition coefficient (Wildman–Crippen LogP) is 1.21. The van der Waals surface area contributed by atoms with Gasteiger partial charge in [-0.15, -0.1) is 0 Å². The molecule has 7 heteroatoms. The molecule has 0 amide bonds. The molecule has 1 fully saturated rings. The third kappa shape index (κ3) is 4.20. The standard InChI is InChI=1S/C17H28N4O2S/c1-17(2)14-21(12-13-24(17,22)23)16(18-3)19-10-11-20(4)15-8-6-5-7-9-15/h5-9H,10-14H2,1-4H3,(H,18,19). The largest absolute Gasteiger partial charge is 0.373 e. The van der Waals surface area contributed by atoms with Gasteiger partial charge in [0.05, 0.1) is 10.5 Å². The third-order valence-corrected chi connectivity index (χ3v) is 7.02. The average molecular weight is 353 g/mol. The first-order valence-electron chi connectivity index (χ1n) is 8.21. The van der Waals surface area contributed by atoms with Crippen LogP contribution in [0.3, 0.4) is 0 Å². The summed E-state index contributed by atoms with van der Waals surface area (Å²) in [5.41, 5.74) is 1.17. The number of likely N-dealkylation sites (N-methyl/N-ethyl adjacent to an activating group) is 1. The Bertz CT molecular complexity index is 671. The van der Waals surface area contributed by atoms with E-state index in [1.807, 2.05) is 23.1 Å². The predicted molar refractivity (Wildman–Crippen MR) is 101 cm³/mol. The number of sulfone groups is 1. The van der Waals surface area contributed by atoms with E-state index in [0.29, 0.717) is 13.1 Å². The van der Waals surface area contributed by atoms with Gasteiger partial charge in [-0.2, -0.15) is 0 Å². The second-order valence-corrected chi connectivity index (χ2v) is 9.47. The highest BCUT2D eigenvalue weighted by Crippen LogP contribution is 2.23. The first kappa shape index (κ1) is 18.6. The molecular formula is C17H28N4O2S. The van der Waals surface area contributed by atoms with E-state index in [1.165, 1.54) is 5.69 Å². The lowest BCUT2D eigenvalue weighted by Gasteiger charge is -2.39. The number of rotatable bonds is 4. The van der Waals surface area contributed by atoms with Crippen molar-refractivity contribution in [2.24, 2.45) is 4.99 Å². The maximum absolute atomic E-state index is 12.1. The van der Waals surface area contributed by atoms with Crippen LogP contribution < -0.4 is 10.2 Å². The molecule has 1 aromatic rings. The minimum atomic E-state index is -3.04. The Labute approximate surface area is 145 Å². The molecule has 1 saturated heterocycles. The second-order valence-electron chi connectivity index (χ2n) is 6.73. The number of para-hydroxylation sites is 1. The fourth-order valence-corrected chi connectivity index (χ4v) is 4.17. The molecular weight excluding hydrogens is 324 g/mol. The van der Waals surface area contributed by atoms with Gasteiger partial charge in [0.1, 0.15) is 0 Å². The molecule has 0 aromatic heterocycles. The lowest BCUT2D eigenvalue weighted by molar-refractivity contribution is 0.353. The Morgan fingerprint density at radius 3 is 2.58 bits per heavy atom. The van der Waals surface area contributed by atoms with Crippen LogP contribution in [0.4, 0.5) is 5.69 Å². The Kier molecular flexibility index (Phi) is 5.74. The molecule has 0 saturated carbocycles. The normalized spacial score (nSPS) is 19.8. The highest BCUT2D eigenvalue weighted by Gasteiger charge is 2.40. The summed E-state index contributed by atoms with van der Waals surface area (Å²) in [6.45, 7) is 6.08. The molecule has 6 nitrogen and oxygen atoms in total. The van der Waals surface area contributed by atoms with Gasteiger partial charge in [0.15, 0.2) is 15.8 Å². The van der Waals surface area contributed by atoms with Gasteiger partial charge in [0.25, 0.3) is 0 Å². The maximum Gasteiger partial charge on any atom is 0.193 e. The van der Waals surface area contributed by atoms with Crippen molar-refractivity contribution >= 4 is 21.5 Å². The Morgan fingerprint density at radius 2 is 2.00 bits per heavy atom. The van der Waals surface area contributed by atoms with Crippen LogP contribution in [0.25, 0.3) is 0 Å². The summed E-state index contributed by atoms with van der Waals surface area (Å²) in [7, 11) is 0.749. The SMILES string of the molecule is CN=C(NCCN(C)c1ccccc1)N1CCS(=O)(=O)C(C)(C)C1. The zero-order valence-electron chi connectivity index (χ0n) is 15.0. The van der Waals surface area contributed by atoms with Crippen molar-refractivity contribution in [2.45, 2.75) is 18.6 Å². The van der Waals surface area contributed by atoms with Crippen LogP contribution in [-0.4, -0.2) is 70.1 Å². The molecule has 1 N–H and O–H groups in total. The fourth-order valence-electron chi connectivity index (χ4n) is 2.80. The minimum Gasteiger partial charge on any atom is -0.373 e. The van der Waals surface area contributed by atoms with Gasteiger partial charge in [-0.1, -0.05) is 18.2 Å². The molecule has 0 aliphatic carbocycles. The van der Waals surface area contributed by atoms with Gasteiger partial charge in [-0.05, 0) is 26.0 Å². The van der Waals surface area contributed by atoms with E-state index in [1.54, 1.807) is 20.9 Å². The fraction of sp³-hybridized carbons (Fsp3) is 0.588. The number of nitrogens with zero attached hydrogens (tertiary/aromatic N) is 3. The van der Waals surface area contributed by atoms with E-state index in [0.717, 1.165) is 19.0 Å². The Balaban J connectivity index is 1.89. The van der Waals surface area contributed by atoms with Crippen LogP contribution in [0.2, 0.25) is 0 Å². The Morgan fingerprint density at radius 1 is 1.33 bits per heavy atom. The molecule has 0 bridgehead atoms. The summed E-state index contributed by atoms with van der Waals surface area (Å²) < 4.78 is 23.5. The number of hydrogen-bond acceptors (Lipinski definition) is 4. The maximum atomic E-state index is 12.1. The van der Waals surface area contributed by atoms with Crippen molar-refractivity contribution in [2.75, 3.05) is 50.9 Å². The lowest BCUT2D eigenvalue weighted by atomic mass is 10.2. The molecule has 1 aromatic carbocycles. The minimum absolute atomic E-state index is 0.171. The number of guanidine groups is 1. The summed E-state index contributed by atoms with van der Waals surface area (Å²) in [5.74, 6) is 0.935. The van der Waals surface area contributed by atoms with E-state index in [9.17, 15) is 8.42 Å². The first-order chi connectivity index (χ1) is 11.3. The summed E-state index contributed by atoms with van der Waals surface area (Å²) in [4.78, 5) is 8.52. The molecule has 1 heterocycles. The van der Waals surface area contributed by atoms with E-state index < -0.39 is 14.6 Å². The first-order valence-corrected chi connectivity index (χ1v) is 9.86. The average Bonchev–Trinajstić information content (AvgIpc) is 2.55. The molecule has 134 valence electrons. The van der Waals surface area contributed by atoms with Gasteiger partial charge >= 0.3 is 0 Å². The topological polar surface area (TPSA) is 65.0 Å². The molecule has 24 heavy (non-hydrogen) atoms. The van der Waals surface area contributed by atoms with Crippen molar-refractivity contribution in [3.63, 3.8) is 0 Å². The molecule has 0 atom stereocenters. The molecule has 0 spiro atoms. The van der Waals surface area contributed by atoms with Gasteiger partial charge in [0, 0.05) is 46.0 Å². The zero-order valence-corrected chi connectivity index (χ0v) is 15.8. The molecule has 0 unspecified atom stereocenters. The van der Waals surface area contributed by atoms with Crippen molar-refractivity contribution < 1.29 is 8.42 Å². The summed E-state index contributed by atoms with van der Waals surface area (Å²) in [5, 5.41) is 3.34. The van der Waals surface area contributed by atoms with Gasteiger partial charge in [0.2, 0.25) is 0 Å². The van der Waals surface area contributed by atoms with Crippen molar-refractivity contribution in [1.82, 2.24) is 10.2 Å². The van der Waals surface area contributed by atoms with Crippen LogP contribution >= 0.6 is 0 Å².